The molecule has 0 spiro atoms. The summed E-state index contributed by atoms with van der Waals surface area (Å²) in [5, 5.41) is 8.49. The maximum absolute atomic E-state index is 12.4. The number of anilines is 2. The molecule has 27 heavy (non-hydrogen) atoms. The van der Waals surface area contributed by atoms with Crippen molar-refractivity contribution >= 4 is 23.3 Å². The van der Waals surface area contributed by atoms with Gasteiger partial charge in [0.15, 0.2) is 0 Å². The second-order valence-electron chi connectivity index (χ2n) is 6.28. The lowest BCUT2D eigenvalue weighted by molar-refractivity contribution is 0.102. The highest BCUT2D eigenvalue weighted by atomic mass is 16.5. The number of para-hydroxylation sites is 1. The highest BCUT2D eigenvalue weighted by Crippen LogP contribution is 2.18. The predicted octanol–water partition coefficient (Wildman–Crippen LogP) is 4.19. The number of ether oxygens (including phenoxy) is 1. The molecule has 0 saturated heterocycles. The van der Waals surface area contributed by atoms with Crippen LogP contribution in [0.15, 0.2) is 48.5 Å². The Bertz CT molecular complexity index is 748. The average Bonchev–Trinajstić information content (AvgIpc) is 2.67. The fourth-order valence-corrected chi connectivity index (χ4v) is 2.54. The van der Waals surface area contributed by atoms with Crippen LogP contribution in [-0.2, 0) is 4.74 Å². The third kappa shape index (κ3) is 7.11. The van der Waals surface area contributed by atoms with Crippen LogP contribution < -0.4 is 16.0 Å². The molecule has 0 aliphatic heterocycles. The average molecular weight is 369 g/mol. The minimum Gasteiger partial charge on any atom is -0.385 e. The van der Waals surface area contributed by atoms with E-state index in [9.17, 15) is 9.59 Å². The number of urea groups is 1. The lowest BCUT2D eigenvalue weighted by Crippen LogP contribution is -2.30. The normalized spacial score (nSPS) is 10.3. The summed E-state index contributed by atoms with van der Waals surface area (Å²) >= 11 is 0. The summed E-state index contributed by atoms with van der Waals surface area (Å²) in [5.74, 6) is -0.220. The number of methoxy groups -OCH3 is 1. The van der Waals surface area contributed by atoms with Crippen molar-refractivity contribution in [3.8, 4) is 0 Å². The Hall–Kier alpha value is -2.86. The predicted molar refractivity (Wildman–Crippen MR) is 108 cm³/mol. The quantitative estimate of drug-likeness (QED) is 0.580. The minimum atomic E-state index is -0.273. The van der Waals surface area contributed by atoms with Gasteiger partial charge >= 0.3 is 6.03 Å². The number of hydrogen-bond donors (Lipinski definition) is 3. The van der Waals surface area contributed by atoms with Crippen molar-refractivity contribution in [3.05, 3.63) is 59.7 Å². The molecule has 144 valence electrons. The lowest BCUT2D eigenvalue weighted by Gasteiger charge is -2.12. The second-order valence-corrected chi connectivity index (χ2v) is 6.28. The number of amides is 3. The number of carbonyl (C=O) groups is 2. The maximum Gasteiger partial charge on any atom is 0.319 e. The molecule has 0 unspecified atom stereocenters. The van der Waals surface area contributed by atoms with Gasteiger partial charge in [-0.05, 0) is 56.0 Å². The molecule has 6 heteroatoms. The molecule has 6 nitrogen and oxygen atoms in total. The maximum atomic E-state index is 12.4. The molecule has 3 N–H and O–H groups in total. The van der Waals surface area contributed by atoms with Crippen LogP contribution >= 0.6 is 0 Å². The monoisotopic (exact) mass is 369 g/mol. The first-order valence-corrected chi connectivity index (χ1v) is 9.11. The van der Waals surface area contributed by atoms with E-state index in [0.29, 0.717) is 17.8 Å². The molecule has 0 heterocycles. The van der Waals surface area contributed by atoms with Crippen LogP contribution in [-0.4, -0.2) is 32.2 Å². The van der Waals surface area contributed by atoms with E-state index in [1.807, 2.05) is 43.3 Å². The lowest BCUT2D eigenvalue weighted by atomic mass is 10.1. The summed E-state index contributed by atoms with van der Waals surface area (Å²) < 4.78 is 5.00. The van der Waals surface area contributed by atoms with Crippen molar-refractivity contribution in [3.63, 3.8) is 0 Å². The standard InChI is InChI=1S/C21H27N3O3/c1-16-11-12-17(20(25)23-18-9-5-3-6-10-18)15-19(16)24-21(26)22-13-7-4-8-14-27-2/h3,5-6,9-12,15H,4,7-8,13-14H2,1-2H3,(H,23,25)(H2,22,24,26). The smallest absolute Gasteiger partial charge is 0.319 e. The number of aryl methyl sites for hydroxylation is 1. The van der Waals surface area contributed by atoms with Gasteiger partial charge in [0.1, 0.15) is 0 Å². The first kappa shape index (κ1) is 20.5. The SMILES string of the molecule is COCCCCCNC(=O)Nc1cc(C(=O)Nc2ccccc2)ccc1C. The third-order valence-electron chi connectivity index (χ3n) is 4.09. The van der Waals surface area contributed by atoms with Crippen LogP contribution in [0.4, 0.5) is 16.2 Å². The van der Waals surface area contributed by atoms with E-state index < -0.39 is 0 Å². The van der Waals surface area contributed by atoms with Crippen LogP contribution in [0.1, 0.15) is 35.2 Å². The van der Waals surface area contributed by atoms with E-state index in [2.05, 4.69) is 16.0 Å². The molecular weight excluding hydrogens is 342 g/mol. The number of nitrogens with one attached hydrogen (secondary N) is 3. The Kier molecular flexibility index (Phi) is 8.32. The van der Waals surface area contributed by atoms with Crippen molar-refractivity contribution in [2.75, 3.05) is 30.9 Å². The molecule has 0 aliphatic rings. The molecular formula is C21H27N3O3. The summed E-state index contributed by atoms with van der Waals surface area (Å²) in [6.07, 6.45) is 2.88. The molecule has 2 aromatic carbocycles. The van der Waals surface area contributed by atoms with Crippen molar-refractivity contribution < 1.29 is 14.3 Å². The molecule has 2 aromatic rings. The minimum absolute atomic E-state index is 0.220. The zero-order valence-corrected chi connectivity index (χ0v) is 15.9. The van der Waals surface area contributed by atoms with Crippen molar-refractivity contribution in [1.82, 2.24) is 5.32 Å². The van der Waals surface area contributed by atoms with Crippen LogP contribution in [0.3, 0.4) is 0 Å². The number of carbonyl (C=O) groups excluding carboxylic acids is 2. The zero-order chi connectivity index (χ0) is 19.5. The fourth-order valence-electron chi connectivity index (χ4n) is 2.54. The van der Waals surface area contributed by atoms with E-state index in [1.54, 1.807) is 19.2 Å². The molecule has 0 saturated carbocycles. The van der Waals surface area contributed by atoms with Crippen LogP contribution in [0.5, 0.6) is 0 Å². The Morgan fingerprint density at radius 1 is 0.963 bits per heavy atom. The van der Waals surface area contributed by atoms with Crippen molar-refractivity contribution in [2.45, 2.75) is 26.2 Å². The Labute approximate surface area is 160 Å². The molecule has 0 radical (unpaired) electrons. The summed E-state index contributed by atoms with van der Waals surface area (Å²) in [6.45, 7) is 3.23. The van der Waals surface area contributed by atoms with E-state index in [1.165, 1.54) is 0 Å². The topological polar surface area (TPSA) is 79.5 Å². The summed E-state index contributed by atoms with van der Waals surface area (Å²) in [7, 11) is 1.68. The highest BCUT2D eigenvalue weighted by molar-refractivity contribution is 6.05. The molecule has 0 fully saturated rings. The van der Waals surface area contributed by atoms with Gasteiger partial charge in [-0.3, -0.25) is 4.79 Å². The van der Waals surface area contributed by atoms with E-state index in [4.69, 9.17) is 4.74 Å². The Morgan fingerprint density at radius 2 is 1.74 bits per heavy atom. The van der Waals surface area contributed by atoms with Gasteiger partial charge in [0, 0.05) is 37.2 Å². The zero-order valence-electron chi connectivity index (χ0n) is 15.9. The van der Waals surface area contributed by atoms with Gasteiger partial charge in [-0.2, -0.15) is 0 Å². The van der Waals surface area contributed by atoms with Crippen molar-refractivity contribution in [2.24, 2.45) is 0 Å². The van der Waals surface area contributed by atoms with Gasteiger partial charge in [-0.1, -0.05) is 24.3 Å². The summed E-state index contributed by atoms with van der Waals surface area (Å²) in [5.41, 5.74) is 2.72. The number of hydrogen-bond acceptors (Lipinski definition) is 3. The van der Waals surface area contributed by atoms with Crippen LogP contribution in [0.25, 0.3) is 0 Å². The molecule has 3 amide bonds. The first-order chi connectivity index (χ1) is 13.1. The van der Waals surface area contributed by atoms with Crippen LogP contribution in [0.2, 0.25) is 0 Å². The van der Waals surface area contributed by atoms with Gasteiger partial charge in [0.05, 0.1) is 0 Å². The van der Waals surface area contributed by atoms with Gasteiger partial charge < -0.3 is 20.7 Å². The van der Waals surface area contributed by atoms with E-state index in [-0.39, 0.29) is 11.9 Å². The Morgan fingerprint density at radius 3 is 2.48 bits per heavy atom. The van der Waals surface area contributed by atoms with Crippen molar-refractivity contribution in [1.29, 1.82) is 0 Å². The highest BCUT2D eigenvalue weighted by Gasteiger charge is 2.10. The van der Waals surface area contributed by atoms with Gasteiger partial charge in [-0.15, -0.1) is 0 Å². The molecule has 0 bridgehead atoms. The summed E-state index contributed by atoms with van der Waals surface area (Å²) in [6, 6.07) is 14.2. The molecule has 0 aliphatic carbocycles. The van der Waals surface area contributed by atoms with Gasteiger partial charge in [-0.25, -0.2) is 4.79 Å². The Balaban J connectivity index is 1.88. The number of benzene rings is 2. The largest absolute Gasteiger partial charge is 0.385 e. The van der Waals surface area contributed by atoms with Gasteiger partial charge in [0.2, 0.25) is 0 Å². The molecule has 0 aromatic heterocycles. The van der Waals surface area contributed by atoms with E-state index >= 15 is 0 Å². The first-order valence-electron chi connectivity index (χ1n) is 9.11. The molecule has 2 rings (SSSR count). The number of rotatable bonds is 9. The third-order valence-corrected chi connectivity index (χ3v) is 4.09. The number of unbranched alkanes of at least 4 members (excludes halogenated alkanes) is 2. The van der Waals surface area contributed by atoms with E-state index in [0.717, 1.165) is 37.1 Å². The second kappa shape index (κ2) is 11.0. The van der Waals surface area contributed by atoms with Gasteiger partial charge in [0.25, 0.3) is 5.91 Å². The fraction of sp³-hybridized carbons (Fsp3) is 0.333. The molecule has 0 atom stereocenters. The summed E-state index contributed by atoms with van der Waals surface area (Å²) in [4.78, 5) is 24.5. The van der Waals surface area contributed by atoms with Crippen LogP contribution in [0, 0.1) is 6.92 Å².